The number of aryl methyl sites for hydroxylation is 1. The topological polar surface area (TPSA) is 107 Å². The summed E-state index contributed by atoms with van der Waals surface area (Å²) >= 11 is 0. The Hall–Kier alpha value is -3.58. The number of aliphatic imine (C=N–C) groups is 1. The molecule has 10 heteroatoms. The molecule has 1 aliphatic carbocycles. The summed E-state index contributed by atoms with van der Waals surface area (Å²) in [5.41, 5.74) is 9.23. The number of aromatic nitrogens is 4. The largest absolute Gasteiger partial charge is 0.375 e. The van der Waals surface area contributed by atoms with Crippen molar-refractivity contribution in [1.29, 1.82) is 0 Å². The summed E-state index contributed by atoms with van der Waals surface area (Å²) in [6.45, 7) is 5.08. The highest BCUT2D eigenvalue weighted by atomic mass is 16.2. The quantitative estimate of drug-likeness (QED) is 0.637. The number of rotatable bonds is 4. The van der Waals surface area contributed by atoms with Gasteiger partial charge in [0.25, 0.3) is 5.56 Å². The summed E-state index contributed by atoms with van der Waals surface area (Å²) in [5, 5.41) is 0. The molecule has 190 valence electrons. The third kappa shape index (κ3) is 4.17. The molecule has 0 saturated carbocycles. The van der Waals surface area contributed by atoms with E-state index in [0.29, 0.717) is 36.7 Å². The van der Waals surface area contributed by atoms with Crippen LogP contribution in [0, 0.1) is 11.8 Å². The Labute approximate surface area is 210 Å². The zero-order valence-electron chi connectivity index (χ0n) is 21.3. The van der Waals surface area contributed by atoms with Crippen molar-refractivity contribution in [3.05, 3.63) is 44.3 Å². The Morgan fingerprint density at radius 1 is 1.19 bits per heavy atom. The van der Waals surface area contributed by atoms with E-state index < -0.39 is 5.69 Å². The minimum atomic E-state index is -0.400. The summed E-state index contributed by atoms with van der Waals surface area (Å²) in [7, 11) is 3.74. The van der Waals surface area contributed by atoms with E-state index >= 15 is 0 Å². The van der Waals surface area contributed by atoms with Crippen molar-refractivity contribution in [2.45, 2.75) is 51.7 Å². The summed E-state index contributed by atoms with van der Waals surface area (Å²) in [5.74, 6) is 6.64. The molecule has 1 unspecified atom stereocenters. The molecule has 10 nitrogen and oxygen atoms in total. The molecule has 1 atom stereocenters. The third-order valence-electron chi connectivity index (χ3n) is 7.33. The molecule has 2 aliphatic heterocycles. The third-order valence-corrected chi connectivity index (χ3v) is 7.33. The zero-order chi connectivity index (χ0) is 25.4. The number of imidazole rings is 1. The minimum Gasteiger partial charge on any atom is -0.375 e. The SMILES string of the molecule is CC#CCn1c(N2CCCC(N)C2)nc2c1c(=O)n(CC1=NCCN(C)C3=C1C=CCC3)c(=O)n2C. The van der Waals surface area contributed by atoms with Gasteiger partial charge in [0.15, 0.2) is 11.2 Å². The monoisotopic (exact) mass is 490 g/mol. The molecule has 2 N–H and O–H groups in total. The summed E-state index contributed by atoms with van der Waals surface area (Å²) in [4.78, 5) is 41.3. The van der Waals surface area contributed by atoms with Crippen LogP contribution in [0.5, 0.6) is 0 Å². The van der Waals surface area contributed by atoms with Gasteiger partial charge in [0.05, 0.1) is 25.3 Å². The Morgan fingerprint density at radius 2 is 2.03 bits per heavy atom. The van der Waals surface area contributed by atoms with Gasteiger partial charge in [-0.25, -0.2) is 4.79 Å². The molecule has 0 radical (unpaired) electrons. The van der Waals surface area contributed by atoms with Crippen LogP contribution in [0.1, 0.15) is 32.6 Å². The van der Waals surface area contributed by atoms with Crippen LogP contribution < -0.4 is 21.9 Å². The van der Waals surface area contributed by atoms with Gasteiger partial charge in [0.2, 0.25) is 5.95 Å². The highest BCUT2D eigenvalue weighted by Crippen LogP contribution is 2.26. The highest BCUT2D eigenvalue weighted by Gasteiger charge is 2.27. The maximum Gasteiger partial charge on any atom is 0.332 e. The van der Waals surface area contributed by atoms with Crippen LogP contribution in [0.2, 0.25) is 0 Å². The standard InChI is InChI=1S/C26H34N8O2/c1-4-5-14-33-22-23(29-25(33)32-13-8-9-18(27)16-32)31(3)26(36)34(24(22)35)17-20-19-10-6-7-11-21(19)30(2)15-12-28-20/h6,10,18H,7-9,11-17,27H2,1-3H3. The lowest BCUT2D eigenvalue weighted by molar-refractivity contribution is 0.412. The first-order valence-electron chi connectivity index (χ1n) is 12.7. The van der Waals surface area contributed by atoms with Gasteiger partial charge in [-0.1, -0.05) is 18.1 Å². The second-order valence-electron chi connectivity index (χ2n) is 9.73. The molecule has 36 heavy (non-hydrogen) atoms. The average molecular weight is 491 g/mol. The van der Waals surface area contributed by atoms with Crippen LogP contribution in [-0.4, -0.2) is 68.6 Å². The van der Waals surface area contributed by atoms with Crippen LogP contribution >= 0.6 is 0 Å². The van der Waals surface area contributed by atoms with Gasteiger partial charge < -0.3 is 15.5 Å². The molecule has 0 bridgehead atoms. The number of nitrogens with zero attached hydrogens (tertiary/aromatic N) is 7. The van der Waals surface area contributed by atoms with Crippen LogP contribution in [0.3, 0.4) is 0 Å². The van der Waals surface area contributed by atoms with Crippen molar-refractivity contribution in [3.63, 3.8) is 0 Å². The van der Waals surface area contributed by atoms with Crippen LogP contribution in [0.25, 0.3) is 11.2 Å². The molecule has 2 aromatic rings. The molecule has 4 heterocycles. The fourth-order valence-electron chi connectivity index (χ4n) is 5.39. The predicted octanol–water partition coefficient (Wildman–Crippen LogP) is 0.838. The molecule has 2 aromatic heterocycles. The van der Waals surface area contributed by atoms with Crippen molar-refractivity contribution >= 4 is 22.8 Å². The minimum absolute atomic E-state index is 0.0437. The maximum atomic E-state index is 13.9. The lowest BCUT2D eigenvalue weighted by Gasteiger charge is -2.31. The van der Waals surface area contributed by atoms with Gasteiger partial charge in [0.1, 0.15) is 0 Å². The van der Waals surface area contributed by atoms with Gasteiger partial charge in [0, 0.05) is 51.0 Å². The Bertz CT molecular complexity index is 1460. The summed E-state index contributed by atoms with van der Waals surface area (Å²) in [6.07, 6.45) is 8.02. The van der Waals surface area contributed by atoms with Crippen molar-refractivity contribution in [1.82, 2.24) is 23.6 Å². The fraction of sp³-hybridized carbons (Fsp3) is 0.538. The van der Waals surface area contributed by atoms with E-state index in [4.69, 9.17) is 15.7 Å². The number of likely N-dealkylation sites (N-methyl/N-ethyl adjacent to an activating group) is 1. The molecule has 0 spiro atoms. The van der Waals surface area contributed by atoms with Gasteiger partial charge >= 0.3 is 5.69 Å². The molecule has 3 aliphatic rings. The summed E-state index contributed by atoms with van der Waals surface area (Å²) in [6, 6.07) is 0.0437. The number of fused-ring (bicyclic) bond motifs is 1. The number of piperidine rings is 1. The van der Waals surface area contributed by atoms with E-state index in [1.54, 1.807) is 14.0 Å². The van der Waals surface area contributed by atoms with Crippen molar-refractivity contribution in [2.24, 2.45) is 17.8 Å². The average Bonchev–Trinajstić information content (AvgIpc) is 3.19. The lowest BCUT2D eigenvalue weighted by atomic mass is 9.98. The first-order chi connectivity index (χ1) is 17.4. The molecule has 0 aromatic carbocycles. The lowest BCUT2D eigenvalue weighted by Crippen LogP contribution is -2.44. The molecule has 1 saturated heterocycles. The van der Waals surface area contributed by atoms with Crippen LogP contribution in [0.15, 0.2) is 38.0 Å². The van der Waals surface area contributed by atoms with Crippen molar-refractivity contribution in [2.75, 3.05) is 38.1 Å². The first-order valence-corrected chi connectivity index (χ1v) is 12.7. The molecular formula is C26H34N8O2. The van der Waals surface area contributed by atoms with Crippen LogP contribution in [-0.2, 0) is 20.1 Å². The van der Waals surface area contributed by atoms with Crippen molar-refractivity contribution in [3.8, 4) is 11.8 Å². The van der Waals surface area contributed by atoms with E-state index in [-0.39, 0.29) is 18.1 Å². The van der Waals surface area contributed by atoms with Gasteiger partial charge in [-0.15, -0.1) is 5.92 Å². The van der Waals surface area contributed by atoms with Gasteiger partial charge in [-0.2, -0.15) is 4.98 Å². The Kier molecular flexibility index (Phi) is 6.58. The van der Waals surface area contributed by atoms with Crippen LogP contribution in [0.4, 0.5) is 5.95 Å². The number of allylic oxidation sites excluding steroid dienone is 4. The van der Waals surface area contributed by atoms with Gasteiger partial charge in [-0.3, -0.25) is 23.5 Å². The Morgan fingerprint density at radius 3 is 2.81 bits per heavy atom. The summed E-state index contributed by atoms with van der Waals surface area (Å²) < 4.78 is 4.61. The second-order valence-corrected chi connectivity index (χ2v) is 9.73. The molecular weight excluding hydrogens is 456 g/mol. The number of hydrogen-bond acceptors (Lipinski definition) is 7. The van der Waals surface area contributed by atoms with E-state index in [2.05, 4.69) is 40.8 Å². The molecule has 1 fully saturated rings. The number of anilines is 1. The molecule has 5 rings (SSSR count). The normalized spacial score (nSPS) is 20.2. The van der Waals surface area contributed by atoms with E-state index in [1.165, 1.54) is 14.8 Å². The Balaban J connectivity index is 1.66. The predicted molar refractivity (Wildman–Crippen MR) is 142 cm³/mol. The van der Waals surface area contributed by atoms with E-state index in [0.717, 1.165) is 50.1 Å². The van der Waals surface area contributed by atoms with E-state index in [1.807, 2.05) is 4.57 Å². The number of hydrogen-bond donors (Lipinski definition) is 1. The number of nitrogens with two attached hydrogens (primary N) is 1. The smallest absolute Gasteiger partial charge is 0.332 e. The second kappa shape index (κ2) is 9.82. The van der Waals surface area contributed by atoms with Gasteiger partial charge in [-0.05, 0) is 32.6 Å². The van der Waals surface area contributed by atoms with Crippen molar-refractivity contribution < 1.29 is 0 Å². The van der Waals surface area contributed by atoms with E-state index in [9.17, 15) is 9.59 Å². The first kappa shape index (κ1) is 24.1. The molecule has 0 amide bonds. The maximum absolute atomic E-state index is 13.9. The zero-order valence-corrected chi connectivity index (χ0v) is 21.3. The highest BCUT2D eigenvalue weighted by molar-refractivity contribution is 6.03. The fourth-order valence-corrected chi connectivity index (χ4v) is 5.39.